The van der Waals surface area contributed by atoms with Crippen molar-refractivity contribution in [1.82, 2.24) is 20.0 Å². The molecule has 0 aliphatic carbocycles. The van der Waals surface area contributed by atoms with Crippen molar-refractivity contribution >= 4 is 5.97 Å². The molecular weight excluding hydrogens is 232 g/mol. The monoisotopic (exact) mass is 246 g/mol. The number of nitrogens with zero attached hydrogens (tertiary/aromatic N) is 4. The van der Waals surface area contributed by atoms with Crippen molar-refractivity contribution in [2.45, 2.75) is 20.8 Å². The number of rotatable bonds is 3. The van der Waals surface area contributed by atoms with Crippen molar-refractivity contribution in [2.75, 3.05) is 6.61 Å². The molecule has 0 spiro atoms. The van der Waals surface area contributed by atoms with Crippen LogP contribution in [0.15, 0.2) is 18.2 Å². The van der Waals surface area contributed by atoms with Gasteiger partial charge in [-0.15, -0.1) is 10.2 Å². The SMILES string of the molecule is CCOC(=O)c1ccc(-n2nc(C)cc2C)nn1. The standard InChI is InChI=1S/C12H14N4O2/c1-4-18-12(17)10-5-6-11(14-13-10)16-9(3)7-8(2)15-16/h5-7H,4H2,1-3H3. The van der Waals surface area contributed by atoms with Crippen LogP contribution in [-0.4, -0.2) is 32.6 Å². The summed E-state index contributed by atoms with van der Waals surface area (Å²) in [6.07, 6.45) is 0. The first-order valence-electron chi connectivity index (χ1n) is 5.66. The fraction of sp³-hybridized carbons (Fsp3) is 0.333. The third-order valence-electron chi connectivity index (χ3n) is 2.36. The minimum absolute atomic E-state index is 0.196. The van der Waals surface area contributed by atoms with Crippen LogP contribution in [0, 0.1) is 13.8 Å². The van der Waals surface area contributed by atoms with Gasteiger partial charge >= 0.3 is 5.97 Å². The Morgan fingerprint density at radius 3 is 2.61 bits per heavy atom. The first-order chi connectivity index (χ1) is 8.61. The van der Waals surface area contributed by atoms with Gasteiger partial charge in [0.15, 0.2) is 11.5 Å². The van der Waals surface area contributed by atoms with E-state index in [2.05, 4.69) is 15.3 Å². The van der Waals surface area contributed by atoms with Crippen molar-refractivity contribution in [2.24, 2.45) is 0 Å². The average Bonchev–Trinajstić information content (AvgIpc) is 2.69. The Balaban J connectivity index is 2.27. The third-order valence-corrected chi connectivity index (χ3v) is 2.36. The molecule has 0 aliphatic heterocycles. The van der Waals surface area contributed by atoms with E-state index in [4.69, 9.17) is 4.74 Å². The van der Waals surface area contributed by atoms with Gasteiger partial charge in [-0.3, -0.25) is 0 Å². The first kappa shape index (κ1) is 12.2. The van der Waals surface area contributed by atoms with Gasteiger partial charge in [-0.25, -0.2) is 9.48 Å². The van der Waals surface area contributed by atoms with Gasteiger partial charge in [0, 0.05) is 5.69 Å². The predicted molar refractivity (Wildman–Crippen MR) is 64.6 cm³/mol. The molecule has 0 aliphatic rings. The summed E-state index contributed by atoms with van der Waals surface area (Å²) in [5, 5.41) is 12.1. The van der Waals surface area contributed by atoms with E-state index in [9.17, 15) is 4.79 Å². The number of carbonyl (C=O) groups excluding carboxylic acids is 1. The maximum atomic E-state index is 11.4. The van der Waals surface area contributed by atoms with Gasteiger partial charge in [-0.05, 0) is 39.0 Å². The summed E-state index contributed by atoms with van der Waals surface area (Å²) in [6.45, 7) is 5.90. The van der Waals surface area contributed by atoms with Crippen LogP contribution in [0.2, 0.25) is 0 Å². The van der Waals surface area contributed by atoms with E-state index < -0.39 is 5.97 Å². The number of hydrogen-bond donors (Lipinski definition) is 0. The fourth-order valence-electron chi connectivity index (χ4n) is 1.61. The zero-order valence-corrected chi connectivity index (χ0v) is 10.5. The lowest BCUT2D eigenvalue weighted by Crippen LogP contribution is -2.10. The molecule has 18 heavy (non-hydrogen) atoms. The Labute approximate surface area is 105 Å². The number of carbonyl (C=O) groups is 1. The highest BCUT2D eigenvalue weighted by Crippen LogP contribution is 2.09. The van der Waals surface area contributed by atoms with Crippen LogP contribution in [0.25, 0.3) is 5.82 Å². The molecule has 0 saturated heterocycles. The molecule has 6 heteroatoms. The number of aryl methyl sites for hydroxylation is 2. The molecule has 0 saturated carbocycles. The summed E-state index contributed by atoms with van der Waals surface area (Å²) in [5.74, 6) is 0.110. The van der Waals surface area contributed by atoms with Gasteiger partial charge in [-0.2, -0.15) is 5.10 Å². The molecule has 0 amide bonds. The molecular formula is C12H14N4O2. The highest BCUT2D eigenvalue weighted by Gasteiger charge is 2.10. The van der Waals surface area contributed by atoms with Crippen LogP contribution in [0.4, 0.5) is 0 Å². The summed E-state index contributed by atoms with van der Waals surface area (Å²) >= 11 is 0. The number of ether oxygens (including phenoxy) is 1. The molecule has 0 radical (unpaired) electrons. The summed E-state index contributed by atoms with van der Waals surface area (Å²) in [5.41, 5.74) is 2.07. The third kappa shape index (κ3) is 2.37. The molecule has 2 heterocycles. The average molecular weight is 246 g/mol. The first-order valence-corrected chi connectivity index (χ1v) is 5.66. The molecule has 2 rings (SSSR count). The number of hydrogen-bond acceptors (Lipinski definition) is 5. The maximum absolute atomic E-state index is 11.4. The lowest BCUT2D eigenvalue weighted by molar-refractivity contribution is 0.0518. The van der Waals surface area contributed by atoms with Crippen molar-refractivity contribution in [1.29, 1.82) is 0 Å². The van der Waals surface area contributed by atoms with Crippen LogP contribution in [0.1, 0.15) is 28.8 Å². The normalized spacial score (nSPS) is 10.4. The van der Waals surface area contributed by atoms with Crippen molar-refractivity contribution in [3.63, 3.8) is 0 Å². The van der Waals surface area contributed by atoms with Gasteiger partial charge in [0.25, 0.3) is 0 Å². The van der Waals surface area contributed by atoms with Crippen LogP contribution < -0.4 is 0 Å². The van der Waals surface area contributed by atoms with Crippen LogP contribution in [0.5, 0.6) is 0 Å². The zero-order chi connectivity index (χ0) is 13.1. The van der Waals surface area contributed by atoms with Gasteiger partial charge < -0.3 is 4.74 Å². The van der Waals surface area contributed by atoms with Gasteiger partial charge in [0.2, 0.25) is 0 Å². The van der Waals surface area contributed by atoms with Gasteiger partial charge in [0.1, 0.15) is 0 Å². The number of aromatic nitrogens is 4. The molecule has 0 atom stereocenters. The highest BCUT2D eigenvalue weighted by molar-refractivity contribution is 5.86. The molecule has 2 aromatic rings. The smallest absolute Gasteiger partial charge is 0.358 e. The largest absolute Gasteiger partial charge is 0.461 e. The maximum Gasteiger partial charge on any atom is 0.358 e. The molecule has 0 fully saturated rings. The fourth-order valence-corrected chi connectivity index (χ4v) is 1.61. The lowest BCUT2D eigenvalue weighted by atomic mass is 10.4. The highest BCUT2D eigenvalue weighted by atomic mass is 16.5. The van der Waals surface area contributed by atoms with Gasteiger partial charge in [-0.1, -0.05) is 0 Å². The van der Waals surface area contributed by atoms with E-state index >= 15 is 0 Å². The second kappa shape index (κ2) is 4.95. The van der Waals surface area contributed by atoms with E-state index in [1.54, 1.807) is 23.7 Å². The molecule has 0 aromatic carbocycles. The molecule has 0 bridgehead atoms. The van der Waals surface area contributed by atoms with Crippen LogP contribution >= 0.6 is 0 Å². The van der Waals surface area contributed by atoms with Crippen molar-refractivity contribution < 1.29 is 9.53 Å². The molecule has 6 nitrogen and oxygen atoms in total. The molecule has 0 unspecified atom stereocenters. The lowest BCUT2D eigenvalue weighted by Gasteiger charge is -2.03. The van der Waals surface area contributed by atoms with E-state index in [1.165, 1.54) is 0 Å². The number of esters is 1. The van der Waals surface area contributed by atoms with E-state index in [1.807, 2.05) is 19.9 Å². The Kier molecular flexibility index (Phi) is 3.36. The van der Waals surface area contributed by atoms with Crippen LogP contribution in [0.3, 0.4) is 0 Å². The zero-order valence-electron chi connectivity index (χ0n) is 10.5. The summed E-state index contributed by atoms with van der Waals surface area (Å²) in [4.78, 5) is 11.4. The second-order valence-electron chi connectivity index (χ2n) is 3.84. The summed E-state index contributed by atoms with van der Waals surface area (Å²) < 4.78 is 6.52. The molecule has 94 valence electrons. The van der Waals surface area contributed by atoms with Gasteiger partial charge in [0.05, 0.1) is 12.3 Å². The van der Waals surface area contributed by atoms with E-state index in [-0.39, 0.29) is 5.69 Å². The Bertz CT molecular complexity index is 560. The quantitative estimate of drug-likeness (QED) is 0.767. The van der Waals surface area contributed by atoms with Crippen molar-refractivity contribution in [3.05, 3.63) is 35.3 Å². The van der Waals surface area contributed by atoms with E-state index in [0.29, 0.717) is 12.4 Å². The summed E-state index contributed by atoms with van der Waals surface area (Å²) in [7, 11) is 0. The molecule has 2 aromatic heterocycles. The van der Waals surface area contributed by atoms with Crippen LogP contribution in [-0.2, 0) is 4.74 Å². The van der Waals surface area contributed by atoms with E-state index in [0.717, 1.165) is 11.4 Å². The minimum atomic E-state index is -0.468. The topological polar surface area (TPSA) is 69.9 Å². The second-order valence-corrected chi connectivity index (χ2v) is 3.84. The van der Waals surface area contributed by atoms with Crippen molar-refractivity contribution in [3.8, 4) is 5.82 Å². The Morgan fingerprint density at radius 2 is 2.11 bits per heavy atom. The molecule has 0 N–H and O–H groups in total. The summed E-state index contributed by atoms with van der Waals surface area (Å²) in [6, 6.07) is 5.22. The predicted octanol–water partition coefficient (Wildman–Crippen LogP) is 1.46. The Hall–Kier alpha value is -2.24. The minimum Gasteiger partial charge on any atom is -0.461 e. The Morgan fingerprint density at radius 1 is 1.33 bits per heavy atom.